The Kier molecular flexibility index (Phi) is 3.74. The minimum absolute atomic E-state index is 0.230. The van der Waals surface area contributed by atoms with Crippen LogP contribution < -0.4 is 5.32 Å². The van der Waals surface area contributed by atoms with E-state index in [4.69, 9.17) is 4.42 Å². The molecule has 0 atom stereocenters. The SMILES string of the molecule is Cc1c(C(=O)Nc2ncn(Cc3cccnc3)n2)oc2ccccc12. The molecule has 7 heteroatoms. The Balaban J connectivity index is 1.52. The molecule has 0 fully saturated rings. The fraction of sp³-hybridized carbons (Fsp3) is 0.111. The van der Waals surface area contributed by atoms with Crippen LogP contribution in [0.15, 0.2) is 59.5 Å². The third kappa shape index (κ3) is 2.99. The first kappa shape index (κ1) is 15.1. The molecule has 0 saturated heterocycles. The molecule has 0 bridgehead atoms. The normalized spacial score (nSPS) is 10.9. The van der Waals surface area contributed by atoms with Crippen molar-refractivity contribution in [1.82, 2.24) is 19.7 Å². The molecule has 3 aromatic heterocycles. The van der Waals surface area contributed by atoms with Crippen LogP contribution in [0.3, 0.4) is 0 Å². The van der Waals surface area contributed by atoms with Crippen LogP contribution in [0.5, 0.6) is 0 Å². The van der Waals surface area contributed by atoms with E-state index in [1.54, 1.807) is 23.4 Å². The van der Waals surface area contributed by atoms with Crippen LogP contribution in [0.2, 0.25) is 0 Å². The first-order valence-electron chi connectivity index (χ1n) is 7.78. The van der Waals surface area contributed by atoms with Crippen molar-refractivity contribution in [1.29, 1.82) is 0 Å². The zero-order valence-electron chi connectivity index (χ0n) is 13.5. The Morgan fingerprint density at radius 1 is 1.24 bits per heavy atom. The molecule has 0 radical (unpaired) electrons. The maximum absolute atomic E-state index is 12.5. The highest BCUT2D eigenvalue weighted by atomic mass is 16.3. The number of nitrogens with one attached hydrogen (secondary N) is 1. The highest BCUT2D eigenvalue weighted by molar-refractivity contribution is 6.05. The predicted molar refractivity (Wildman–Crippen MR) is 92.3 cm³/mol. The third-order valence-electron chi connectivity index (χ3n) is 3.88. The van der Waals surface area contributed by atoms with Crippen molar-refractivity contribution < 1.29 is 9.21 Å². The largest absolute Gasteiger partial charge is 0.451 e. The number of amides is 1. The summed E-state index contributed by atoms with van der Waals surface area (Å²) in [5.41, 5.74) is 2.47. The molecule has 3 heterocycles. The fourth-order valence-corrected chi connectivity index (χ4v) is 2.66. The Morgan fingerprint density at radius 3 is 2.92 bits per heavy atom. The zero-order chi connectivity index (χ0) is 17.2. The summed E-state index contributed by atoms with van der Waals surface area (Å²) in [5, 5.41) is 7.85. The van der Waals surface area contributed by atoms with Gasteiger partial charge in [0.2, 0.25) is 5.95 Å². The van der Waals surface area contributed by atoms with Gasteiger partial charge in [-0.3, -0.25) is 15.1 Å². The second-order valence-corrected chi connectivity index (χ2v) is 5.63. The molecule has 0 spiro atoms. The molecule has 25 heavy (non-hydrogen) atoms. The summed E-state index contributed by atoms with van der Waals surface area (Å²) in [4.78, 5) is 20.6. The van der Waals surface area contributed by atoms with E-state index in [1.807, 2.05) is 43.3 Å². The Bertz CT molecular complexity index is 1040. The first-order chi connectivity index (χ1) is 12.2. The van der Waals surface area contributed by atoms with Crippen molar-refractivity contribution in [2.24, 2.45) is 0 Å². The summed E-state index contributed by atoms with van der Waals surface area (Å²) in [6, 6.07) is 11.3. The van der Waals surface area contributed by atoms with E-state index in [-0.39, 0.29) is 17.6 Å². The number of anilines is 1. The highest BCUT2D eigenvalue weighted by Crippen LogP contribution is 2.25. The number of furan rings is 1. The van der Waals surface area contributed by atoms with E-state index in [2.05, 4.69) is 20.4 Å². The van der Waals surface area contributed by atoms with E-state index in [9.17, 15) is 4.79 Å². The number of benzene rings is 1. The number of pyridine rings is 1. The van der Waals surface area contributed by atoms with Gasteiger partial charge in [0.1, 0.15) is 11.9 Å². The predicted octanol–water partition coefficient (Wildman–Crippen LogP) is 3.03. The summed E-state index contributed by atoms with van der Waals surface area (Å²) in [6.07, 6.45) is 5.04. The van der Waals surface area contributed by atoms with Crippen molar-refractivity contribution in [3.8, 4) is 0 Å². The van der Waals surface area contributed by atoms with E-state index in [0.29, 0.717) is 12.1 Å². The Labute approximate surface area is 143 Å². The van der Waals surface area contributed by atoms with Gasteiger partial charge in [0, 0.05) is 23.3 Å². The van der Waals surface area contributed by atoms with Crippen LogP contribution in [-0.4, -0.2) is 25.7 Å². The van der Waals surface area contributed by atoms with Gasteiger partial charge in [-0.2, -0.15) is 0 Å². The summed E-state index contributed by atoms with van der Waals surface area (Å²) in [7, 11) is 0. The molecule has 4 aromatic rings. The van der Waals surface area contributed by atoms with Crippen molar-refractivity contribution in [3.63, 3.8) is 0 Å². The van der Waals surface area contributed by atoms with Crippen molar-refractivity contribution >= 4 is 22.8 Å². The molecule has 0 aliphatic rings. The van der Waals surface area contributed by atoms with E-state index < -0.39 is 0 Å². The lowest BCUT2D eigenvalue weighted by atomic mass is 10.1. The van der Waals surface area contributed by atoms with Gasteiger partial charge >= 0.3 is 0 Å². The third-order valence-corrected chi connectivity index (χ3v) is 3.88. The number of fused-ring (bicyclic) bond motifs is 1. The van der Waals surface area contributed by atoms with Gasteiger partial charge in [0.25, 0.3) is 5.91 Å². The maximum atomic E-state index is 12.5. The fourth-order valence-electron chi connectivity index (χ4n) is 2.66. The number of carbonyl (C=O) groups is 1. The van der Waals surface area contributed by atoms with Gasteiger partial charge < -0.3 is 4.42 Å². The minimum atomic E-state index is -0.368. The first-order valence-corrected chi connectivity index (χ1v) is 7.78. The number of aromatic nitrogens is 4. The number of hydrogen-bond acceptors (Lipinski definition) is 5. The zero-order valence-corrected chi connectivity index (χ0v) is 13.5. The molecule has 4 rings (SSSR count). The summed E-state index contributed by atoms with van der Waals surface area (Å²) >= 11 is 0. The van der Waals surface area contributed by atoms with E-state index in [1.165, 1.54) is 0 Å². The molecule has 1 amide bonds. The molecule has 7 nitrogen and oxygen atoms in total. The molecule has 0 aliphatic heterocycles. The summed E-state index contributed by atoms with van der Waals surface area (Å²) in [6.45, 7) is 2.38. The number of para-hydroxylation sites is 1. The lowest BCUT2D eigenvalue weighted by Gasteiger charge is -2.00. The van der Waals surface area contributed by atoms with Gasteiger partial charge in [0.15, 0.2) is 5.76 Å². The molecule has 0 aliphatic carbocycles. The lowest BCUT2D eigenvalue weighted by molar-refractivity contribution is 0.0997. The molecule has 1 N–H and O–H groups in total. The Morgan fingerprint density at radius 2 is 2.12 bits per heavy atom. The number of hydrogen-bond donors (Lipinski definition) is 1. The van der Waals surface area contributed by atoms with Crippen LogP contribution in [0.1, 0.15) is 21.7 Å². The lowest BCUT2D eigenvalue weighted by Crippen LogP contribution is -2.13. The molecule has 1 aromatic carbocycles. The second kappa shape index (κ2) is 6.20. The van der Waals surface area contributed by atoms with E-state index in [0.717, 1.165) is 16.5 Å². The number of aryl methyl sites for hydroxylation is 1. The monoisotopic (exact) mass is 333 g/mol. The molecular weight excluding hydrogens is 318 g/mol. The van der Waals surface area contributed by atoms with Gasteiger partial charge in [-0.15, -0.1) is 5.10 Å². The smallest absolute Gasteiger partial charge is 0.294 e. The summed E-state index contributed by atoms with van der Waals surface area (Å²) < 4.78 is 7.29. The number of rotatable bonds is 4. The quantitative estimate of drug-likeness (QED) is 0.620. The number of carbonyl (C=O) groups excluding carboxylic acids is 1. The topological polar surface area (TPSA) is 85.8 Å². The molecule has 0 unspecified atom stereocenters. The van der Waals surface area contributed by atoms with Gasteiger partial charge in [0.05, 0.1) is 6.54 Å². The second-order valence-electron chi connectivity index (χ2n) is 5.63. The molecule has 0 saturated carbocycles. The van der Waals surface area contributed by atoms with Crippen molar-refractivity contribution in [3.05, 3.63) is 72.0 Å². The standard InChI is InChI=1S/C18H15N5O2/c1-12-14-6-2-3-7-15(14)25-16(12)17(24)21-18-20-11-23(22-18)10-13-5-4-8-19-9-13/h2-9,11H,10H2,1H3,(H,21,22,24). The van der Waals surface area contributed by atoms with Gasteiger partial charge in [-0.05, 0) is 24.6 Å². The summed E-state index contributed by atoms with van der Waals surface area (Å²) in [5.74, 6) is 0.131. The van der Waals surface area contributed by atoms with Gasteiger partial charge in [-0.1, -0.05) is 24.3 Å². The van der Waals surface area contributed by atoms with Crippen LogP contribution in [-0.2, 0) is 6.54 Å². The van der Waals surface area contributed by atoms with Gasteiger partial charge in [-0.25, -0.2) is 9.67 Å². The van der Waals surface area contributed by atoms with Crippen molar-refractivity contribution in [2.45, 2.75) is 13.5 Å². The van der Waals surface area contributed by atoms with Crippen molar-refractivity contribution in [2.75, 3.05) is 5.32 Å². The van der Waals surface area contributed by atoms with Crippen LogP contribution >= 0.6 is 0 Å². The van der Waals surface area contributed by atoms with Crippen LogP contribution in [0, 0.1) is 6.92 Å². The average Bonchev–Trinajstić information content (AvgIpc) is 3.20. The maximum Gasteiger partial charge on any atom is 0.294 e. The average molecular weight is 333 g/mol. The molecular formula is C18H15N5O2. The minimum Gasteiger partial charge on any atom is -0.451 e. The Hall–Kier alpha value is -3.48. The molecule has 124 valence electrons. The van der Waals surface area contributed by atoms with Crippen LogP contribution in [0.4, 0.5) is 5.95 Å². The highest BCUT2D eigenvalue weighted by Gasteiger charge is 2.18. The van der Waals surface area contributed by atoms with Crippen LogP contribution in [0.25, 0.3) is 11.0 Å². The number of nitrogens with zero attached hydrogens (tertiary/aromatic N) is 4. The van der Waals surface area contributed by atoms with E-state index >= 15 is 0 Å².